The predicted octanol–water partition coefficient (Wildman–Crippen LogP) is 3.09. The average Bonchev–Trinajstić information content (AvgIpc) is 2.48. The van der Waals surface area contributed by atoms with Crippen molar-refractivity contribution in [3.8, 4) is 5.75 Å². The van der Waals surface area contributed by atoms with Crippen LogP contribution in [0.25, 0.3) is 0 Å². The van der Waals surface area contributed by atoms with Gasteiger partial charge in [-0.25, -0.2) is 4.79 Å². The maximum absolute atomic E-state index is 12.1. The van der Waals surface area contributed by atoms with Gasteiger partial charge in [-0.05, 0) is 45.7 Å². The minimum Gasteiger partial charge on any atom is -0.497 e. The molecule has 0 bridgehead atoms. The van der Waals surface area contributed by atoms with Gasteiger partial charge in [-0.2, -0.15) is 0 Å². The number of likely N-dealkylation sites (tertiary alicyclic amines) is 1. The van der Waals surface area contributed by atoms with Crippen molar-refractivity contribution >= 4 is 17.5 Å². The number of nitrogens with one attached hydrogen (secondary N) is 1. The molecule has 1 saturated heterocycles. The molecule has 0 aliphatic carbocycles. The molecular weight excluding hydrogens is 294 g/mol. The van der Waals surface area contributed by atoms with Crippen molar-refractivity contribution < 1.29 is 14.3 Å². The van der Waals surface area contributed by atoms with E-state index in [0.29, 0.717) is 24.8 Å². The average molecular weight is 321 g/mol. The number of hydrogen-bond donors (Lipinski definition) is 2. The molecule has 0 saturated carbocycles. The summed E-state index contributed by atoms with van der Waals surface area (Å²) in [5.41, 5.74) is 7.15. The normalized spacial score (nSPS) is 16.1. The minimum absolute atomic E-state index is 0.236. The molecule has 3 N–H and O–H groups in total. The molecule has 6 heteroatoms. The third-order valence-corrected chi connectivity index (χ3v) is 3.77. The van der Waals surface area contributed by atoms with Crippen molar-refractivity contribution in [2.75, 3.05) is 31.2 Å². The Kier molecular flexibility index (Phi) is 5.23. The summed E-state index contributed by atoms with van der Waals surface area (Å²) in [5.74, 6) is 0.743. The second kappa shape index (κ2) is 6.98. The van der Waals surface area contributed by atoms with Crippen molar-refractivity contribution in [2.24, 2.45) is 0 Å². The van der Waals surface area contributed by atoms with Crippen LogP contribution in [0.3, 0.4) is 0 Å². The van der Waals surface area contributed by atoms with Gasteiger partial charge in [-0.3, -0.25) is 0 Å². The Hall–Kier alpha value is -2.11. The van der Waals surface area contributed by atoms with Gasteiger partial charge in [0.25, 0.3) is 0 Å². The van der Waals surface area contributed by atoms with E-state index < -0.39 is 5.60 Å². The zero-order valence-corrected chi connectivity index (χ0v) is 14.4. The van der Waals surface area contributed by atoms with Crippen LogP contribution in [0.2, 0.25) is 0 Å². The SMILES string of the molecule is COc1ccc(NC2CCN(C(=O)OC(C)(C)C)CC2)c(N)c1. The van der Waals surface area contributed by atoms with Gasteiger partial charge in [0.15, 0.2) is 0 Å². The van der Waals surface area contributed by atoms with Crippen LogP contribution in [-0.2, 0) is 4.74 Å². The van der Waals surface area contributed by atoms with Crippen LogP contribution in [-0.4, -0.2) is 42.8 Å². The Morgan fingerprint density at radius 2 is 1.96 bits per heavy atom. The molecule has 0 spiro atoms. The van der Waals surface area contributed by atoms with Crippen molar-refractivity contribution in [3.63, 3.8) is 0 Å². The van der Waals surface area contributed by atoms with E-state index in [2.05, 4.69) is 5.32 Å². The zero-order valence-electron chi connectivity index (χ0n) is 14.4. The van der Waals surface area contributed by atoms with Crippen LogP contribution in [0.5, 0.6) is 5.75 Å². The number of carbonyl (C=O) groups excluding carboxylic acids is 1. The van der Waals surface area contributed by atoms with Gasteiger partial charge in [-0.15, -0.1) is 0 Å². The number of piperidine rings is 1. The smallest absolute Gasteiger partial charge is 0.410 e. The number of benzene rings is 1. The third-order valence-electron chi connectivity index (χ3n) is 3.77. The molecule has 1 aromatic carbocycles. The highest BCUT2D eigenvalue weighted by atomic mass is 16.6. The fourth-order valence-corrected chi connectivity index (χ4v) is 2.55. The lowest BCUT2D eigenvalue weighted by Crippen LogP contribution is -2.44. The van der Waals surface area contributed by atoms with Crippen LogP contribution in [0, 0.1) is 0 Å². The molecule has 0 aromatic heterocycles. The number of nitrogen functional groups attached to an aromatic ring is 1. The first-order valence-corrected chi connectivity index (χ1v) is 7.96. The summed E-state index contributed by atoms with van der Waals surface area (Å²) in [4.78, 5) is 13.8. The monoisotopic (exact) mass is 321 g/mol. The maximum Gasteiger partial charge on any atom is 0.410 e. The van der Waals surface area contributed by atoms with E-state index in [1.54, 1.807) is 18.1 Å². The fraction of sp³-hybridized carbons (Fsp3) is 0.588. The second-order valence-electron chi connectivity index (χ2n) is 6.84. The summed E-state index contributed by atoms with van der Waals surface area (Å²) in [7, 11) is 1.62. The predicted molar refractivity (Wildman–Crippen MR) is 91.9 cm³/mol. The van der Waals surface area contributed by atoms with Gasteiger partial charge >= 0.3 is 6.09 Å². The standard InChI is InChI=1S/C17H27N3O3/c1-17(2,3)23-16(21)20-9-7-12(8-10-20)19-15-6-5-13(22-4)11-14(15)18/h5-6,11-12,19H,7-10,18H2,1-4H3. The number of nitrogens with two attached hydrogens (primary N) is 1. The first kappa shape index (κ1) is 17.2. The number of rotatable bonds is 3. The molecule has 128 valence electrons. The van der Waals surface area contributed by atoms with Crippen molar-refractivity contribution in [3.05, 3.63) is 18.2 Å². The molecule has 23 heavy (non-hydrogen) atoms. The Bertz CT molecular complexity index is 547. The van der Waals surface area contributed by atoms with Gasteiger partial charge in [-0.1, -0.05) is 0 Å². The molecule has 1 aromatic rings. The summed E-state index contributed by atoms with van der Waals surface area (Å²) < 4.78 is 10.6. The third kappa shape index (κ3) is 4.94. The Labute approximate surface area is 137 Å². The largest absolute Gasteiger partial charge is 0.497 e. The van der Waals surface area contributed by atoms with Crippen molar-refractivity contribution in [2.45, 2.75) is 45.3 Å². The fourth-order valence-electron chi connectivity index (χ4n) is 2.55. The molecule has 0 unspecified atom stereocenters. The number of anilines is 2. The van der Waals surface area contributed by atoms with Crippen molar-refractivity contribution in [1.82, 2.24) is 4.90 Å². The number of hydrogen-bond acceptors (Lipinski definition) is 5. The topological polar surface area (TPSA) is 76.8 Å². The van der Waals surface area contributed by atoms with E-state index in [1.807, 2.05) is 32.9 Å². The molecule has 1 aliphatic rings. The van der Waals surface area contributed by atoms with E-state index in [0.717, 1.165) is 24.3 Å². The van der Waals surface area contributed by atoms with Crippen LogP contribution < -0.4 is 15.8 Å². The number of methoxy groups -OCH3 is 1. The van der Waals surface area contributed by atoms with Crippen LogP contribution in [0.1, 0.15) is 33.6 Å². The molecular formula is C17H27N3O3. The van der Waals surface area contributed by atoms with Crippen LogP contribution in [0.15, 0.2) is 18.2 Å². The van der Waals surface area contributed by atoms with E-state index >= 15 is 0 Å². The molecule has 6 nitrogen and oxygen atoms in total. The van der Waals surface area contributed by atoms with E-state index in [-0.39, 0.29) is 6.09 Å². The van der Waals surface area contributed by atoms with Crippen LogP contribution in [0.4, 0.5) is 16.2 Å². The Morgan fingerprint density at radius 3 is 2.48 bits per heavy atom. The lowest BCUT2D eigenvalue weighted by Gasteiger charge is -2.34. The lowest BCUT2D eigenvalue weighted by molar-refractivity contribution is 0.0210. The summed E-state index contributed by atoms with van der Waals surface area (Å²) in [6, 6.07) is 5.91. The highest BCUT2D eigenvalue weighted by Crippen LogP contribution is 2.26. The van der Waals surface area contributed by atoms with E-state index in [9.17, 15) is 4.79 Å². The number of nitrogens with zero attached hydrogens (tertiary/aromatic N) is 1. The molecule has 1 aliphatic heterocycles. The van der Waals surface area contributed by atoms with Gasteiger partial charge in [0.1, 0.15) is 11.4 Å². The number of ether oxygens (including phenoxy) is 2. The summed E-state index contributed by atoms with van der Waals surface area (Å²) in [6.07, 6.45) is 1.50. The van der Waals surface area contributed by atoms with Gasteiger partial charge in [0.2, 0.25) is 0 Å². The Balaban J connectivity index is 1.86. The highest BCUT2D eigenvalue weighted by molar-refractivity contribution is 5.69. The summed E-state index contributed by atoms with van der Waals surface area (Å²) in [5, 5.41) is 3.45. The quantitative estimate of drug-likeness (QED) is 0.837. The van der Waals surface area contributed by atoms with Gasteiger partial charge in [0, 0.05) is 25.2 Å². The summed E-state index contributed by atoms with van der Waals surface area (Å²) >= 11 is 0. The highest BCUT2D eigenvalue weighted by Gasteiger charge is 2.26. The maximum atomic E-state index is 12.1. The molecule has 1 fully saturated rings. The molecule has 0 radical (unpaired) electrons. The first-order chi connectivity index (χ1) is 10.8. The number of carbonyl (C=O) groups is 1. The molecule has 0 atom stereocenters. The zero-order chi connectivity index (χ0) is 17.0. The van der Waals surface area contributed by atoms with Gasteiger partial charge in [0.05, 0.1) is 18.5 Å². The summed E-state index contributed by atoms with van der Waals surface area (Å²) in [6.45, 7) is 7.01. The second-order valence-corrected chi connectivity index (χ2v) is 6.84. The van der Waals surface area contributed by atoms with Gasteiger partial charge < -0.3 is 25.4 Å². The molecule has 1 heterocycles. The number of amides is 1. The Morgan fingerprint density at radius 1 is 1.30 bits per heavy atom. The van der Waals surface area contributed by atoms with Crippen molar-refractivity contribution in [1.29, 1.82) is 0 Å². The molecule has 2 rings (SSSR count). The molecule has 1 amide bonds. The first-order valence-electron chi connectivity index (χ1n) is 7.96. The van der Waals surface area contributed by atoms with E-state index in [1.165, 1.54) is 0 Å². The minimum atomic E-state index is -0.455. The van der Waals surface area contributed by atoms with Crippen LogP contribution >= 0.6 is 0 Å². The van der Waals surface area contributed by atoms with E-state index in [4.69, 9.17) is 15.2 Å². The lowest BCUT2D eigenvalue weighted by atomic mass is 10.0.